The Morgan fingerprint density at radius 1 is 0.930 bits per heavy atom. The Kier molecular flexibility index (Phi) is 9.28. The van der Waals surface area contributed by atoms with Crippen molar-refractivity contribution in [3.05, 3.63) is 102 Å². The summed E-state index contributed by atoms with van der Waals surface area (Å²) in [5.41, 5.74) is 0.685. The molecule has 0 radical (unpaired) electrons. The summed E-state index contributed by atoms with van der Waals surface area (Å²) in [6.07, 6.45) is 4.06. The number of furan rings is 1. The number of aromatic nitrogens is 2. The molecule has 43 heavy (non-hydrogen) atoms. The van der Waals surface area contributed by atoms with E-state index in [1.54, 1.807) is 53.7 Å². The van der Waals surface area contributed by atoms with E-state index < -0.39 is 29.1 Å². The molecular formula is C33H35FN4O5. The smallest absolute Gasteiger partial charge is 0.412 e. The van der Waals surface area contributed by atoms with Crippen molar-refractivity contribution in [2.75, 3.05) is 10.6 Å². The molecule has 0 atom stereocenters. The first kappa shape index (κ1) is 31.0. The second-order valence-electron chi connectivity index (χ2n) is 11.7. The van der Waals surface area contributed by atoms with Crippen molar-refractivity contribution in [1.82, 2.24) is 9.97 Å². The van der Waals surface area contributed by atoms with Crippen molar-refractivity contribution >= 4 is 29.6 Å². The maximum Gasteiger partial charge on any atom is 0.412 e. The van der Waals surface area contributed by atoms with Gasteiger partial charge >= 0.3 is 12.1 Å². The Morgan fingerprint density at radius 2 is 1.65 bits per heavy atom. The van der Waals surface area contributed by atoms with E-state index in [9.17, 15) is 9.59 Å². The number of carbonyl (C=O) groups is 2. The quantitative estimate of drug-likeness (QED) is 0.160. The van der Waals surface area contributed by atoms with Crippen LogP contribution < -0.4 is 10.6 Å². The molecule has 2 N–H and O–H groups in total. The summed E-state index contributed by atoms with van der Waals surface area (Å²) in [7, 11) is 0. The Morgan fingerprint density at radius 3 is 2.30 bits per heavy atom. The molecule has 0 aliphatic heterocycles. The summed E-state index contributed by atoms with van der Waals surface area (Å²) in [5.74, 6) is -0.464. The average Bonchev–Trinajstić information content (AvgIpc) is 3.42. The highest BCUT2D eigenvalue weighted by Gasteiger charge is 2.23. The van der Waals surface area contributed by atoms with E-state index in [0.29, 0.717) is 23.6 Å². The van der Waals surface area contributed by atoms with E-state index in [2.05, 4.69) is 15.6 Å². The molecule has 0 aliphatic carbocycles. The highest BCUT2D eigenvalue weighted by Crippen LogP contribution is 2.28. The van der Waals surface area contributed by atoms with Crippen LogP contribution in [-0.2, 0) is 20.7 Å². The monoisotopic (exact) mass is 586 g/mol. The Bertz CT molecular complexity index is 1600. The molecule has 9 nitrogen and oxygen atoms in total. The van der Waals surface area contributed by atoms with Crippen molar-refractivity contribution in [2.24, 2.45) is 0 Å². The highest BCUT2D eigenvalue weighted by molar-refractivity contribution is 5.96. The van der Waals surface area contributed by atoms with Crippen LogP contribution in [0.15, 0.2) is 83.2 Å². The second-order valence-corrected chi connectivity index (χ2v) is 11.7. The molecule has 10 heteroatoms. The summed E-state index contributed by atoms with van der Waals surface area (Å²) in [6.45, 7) is 10.6. The number of rotatable bonds is 8. The van der Waals surface area contributed by atoms with Crippen LogP contribution in [0.4, 0.5) is 20.7 Å². The number of hydrogen-bond acceptors (Lipinski definition) is 8. The minimum atomic E-state index is -0.751. The predicted molar refractivity (Wildman–Crippen MR) is 163 cm³/mol. The van der Waals surface area contributed by atoms with Gasteiger partial charge in [-0.3, -0.25) is 5.32 Å². The molecule has 224 valence electrons. The first-order valence-electron chi connectivity index (χ1n) is 13.7. The fourth-order valence-corrected chi connectivity index (χ4v) is 3.92. The molecule has 0 unspecified atom stereocenters. The van der Waals surface area contributed by atoms with Crippen LogP contribution in [0, 0.1) is 5.82 Å². The number of anilines is 2. The van der Waals surface area contributed by atoms with Crippen LogP contribution >= 0.6 is 0 Å². The third kappa shape index (κ3) is 9.26. The maximum atomic E-state index is 15.1. The number of hydrogen-bond donors (Lipinski definition) is 2. The molecule has 1 amide bonds. The lowest BCUT2D eigenvalue weighted by molar-refractivity contribution is -0.149. The Balaban J connectivity index is 1.73. The lowest BCUT2D eigenvalue weighted by Crippen LogP contribution is -2.27. The molecule has 4 aromatic rings. The van der Waals surface area contributed by atoms with Gasteiger partial charge in [-0.15, -0.1) is 0 Å². The molecule has 2 aromatic heterocycles. The van der Waals surface area contributed by atoms with Gasteiger partial charge in [0.15, 0.2) is 5.82 Å². The molecular weight excluding hydrogens is 551 g/mol. The number of benzene rings is 2. The van der Waals surface area contributed by atoms with Gasteiger partial charge < -0.3 is 19.2 Å². The first-order chi connectivity index (χ1) is 20.3. The topological polar surface area (TPSA) is 116 Å². The summed E-state index contributed by atoms with van der Waals surface area (Å²) in [6, 6.07) is 17.1. The minimum absolute atomic E-state index is 0.0796. The van der Waals surface area contributed by atoms with Crippen molar-refractivity contribution in [3.8, 4) is 11.3 Å². The number of halogens is 1. The predicted octanol–water partition coefficient (Wildman–Crippen LogP) is 7.61. The molecule has 0 fully saturated rings. The van der Waals surface area contributed by atoms with E-state index in [1.807, 2.05) is 30.3 Å². The number of amides is 1. The molecule has 2 heterocycles. The normalized spacial score (nSPS) is 12.0. The zero-order chi connectivity index (χ0) is 31.2. The Labute approximate surface area is 250 Å². The highest BCUT2D eigenvalue weighted by atomic mass is 19.1. The first-order valence-corrected chi connectivity index (χ1v) is 13.7. The van der Waals surface area contributed by atoms with Gasteiger partial charge in [0.2, 0.25) is 0 Å². The lowest BCUT2D eigenvalue weighted by atomic mass is 10.1. The number of nitrogens with zero attached hydrogens (tertiary/aromatic N) is 2. The standard InChI is InChI=1S/C33H35FN4O5/c1-32(2,3)42-30(39)27(19-23-13-10-16-41-23)38-29-26(17-21-11-8-7-9-12-21)37-28(20-35-29)24-18-22(14-15-25(24)34)36-31(40)43-33(4,5)6/h7-16,18-20H,17H2,1-6H3,(H,35,38)(H,36,40)/b27-19-. The molecule has 0 aliphatic rings. The summed E-state index contributed by atoms with van der Waals surface area (Å²) in [4.78, 5) is 34.8. The largest absolute Gasteiger partial charge is 0.465 e. The molecule has 4 rings (SSSR count). The number of carbonyl (C=O) groups excluding carboxylic acids is 2. The van der Waals surface area contributed by atoms with Crippen LogP contribution in [0.3, 0.4) is 0 Å². The van der Waals surface area contributed by atoms with Gasteiger partial charge in [0.25, 0.3) is 0 Å². The fourth-order valence-electron chi connectivity index (χ4n) is 3.92. The van der Waals surface area contributed by atoms with Crippen LogP contribution in [0.25, 0.3) is 17.3 Å². The van der Waals surface area contributed by atoms with Crippen molar-refractivity contribution in [3.63, 3.8) is 0 Å². The minimum Gasteiger partial charge on any atom is -0.465 e. The molecule has 0 saturated heterocycles. The van der Waals surface area contributed by atoms with Crippen molar-refractivity contribution < 1.29 is 27.9 Å². The third-order valence-corrected chi connectivity index (χ3v) is 5.65. The molecule has 0 saturated carbocycles. The average molecular weight is 587 g/mol. The van der Waals surface area contributed by atoms with Crippen LogP contribution in [0.2, 0.25) is 0 Å². The Hall–Kier alpha value is -4.99. The fraction of sp³-hybridized carbons (Fsp3) is 0.273. The second kappa shape index (κ2) is 12.9. The molecule has 0 spiro atoms. The van der Waals surface area contributed by atoms with Gasteiger partial charge in [0.05, 0.1) is 23.8 Å². The number of nitrogens with one attached hydrogen (secondary N) is 2. The van der Waals surface area contributed by atoms with Gasteiger partial charge in [-0.1, -0.05) is 30.3 Å². The van der Waals surface area contributed by atoms with E-state index >= 15 is 4.39 Å². The van der Waals surface area contributed by atoms with Gasteiger partial charge in [0, 0.05) is 23.7 Å². The van der Waals surface area contributed by atoms with E-state index in [1.165, 1.54) is 36.7 Å². The van der Waals surface area contributed by atoms with E-state index in [4.69, 9.17) is 18.9 Å². The molecule has 2 aromatic carbocycles. The van der Waals surface area contributed by atoms with E-state index in [-0.39, 0.29) is 22.8 Å². The van der Waals surface area contributed by atoms with Gasteiger partial charge in [0.1, 0.15) is 28.5 Å². The zero-order valence-corrected chi connectivity index (χ0v) is 25.0. The SMILES string of the molecule is CC(C)(C)OC(=O)Nc1ccc(F)c(-c2cnc(N/C(=C\c3ccco3)C(=O)OC(C)(C)C)c(Cc3ccccc3)n2)c1. The zero-order valence-electron chi connectivity index (χ0n) is 25.0. The van der Waals surface area contributed by atoms with Crippen LogP contribution in [0.1, 0.15) is 58.6 Å². The van der Waals surface area contributed by atoms with Crippen molar-refractivity contribution in [1.29, 1.82) is 0 Å². The summed E-state index contributed by atoms with van der Waals surface area (Å²) < 4.78 is 31.4. The van der Waals surface area contributed by atoms with Gasteiger partial charge in [-0.05, 0) is 77.4 Å². The van der Waals surface area contributed by atoms with Gasteiger partial charge in [-0.25, -0.2) is 23.9 Å². The lowest BCUT2D eigenvalue weighted by Gasteiger charge is -2.21. The van der Waals surface area contributed by atoms with Gasteiger partial charge in [-0.2, -0.15) is 0 Å². The van der Waals surface area contributed by atoms with E-state index in [0.717, 1.165) is 5.56 Å². The maximum absolute atomic E-state index is 15.1. The van der Waals surface area contributed by atoms with Crippen LogP contribution in [0.5, 0.6) is 0 Å². The number of esters is 1. The number of ether oxygens (including phenoxy) is 2. The summed E-state index contributed by atoms with van der Waals surface area (Å²) in [5, 5.41) is 5.69. The third-order valence-electron chi connectivity index (χ3n) is 5.65. The van der Waals surface area contributed by atoms with Crippen molar-refractivity contribution in [2.45, 2.75) is 59.2 Å². The summed E-state index contributed by atoms with van der Waals surface area (Å²) >= 11 is 0. The molecule has 0 bridgehead atoms. The van der Waals surface area contributed by atoms with Crippen LogP contribution in [-0.4, -0.2) is 33.2 Å².